The van der Waals surface area contributed by atoms with Crippen LogP contribution in [0.25, 0.3) is 0 Å². The molecule has 1 fully saturated rings. The SMILES string of the molecule is O=C(O)[C@@H]1CC[C@@H](C(=O)O)C1. The van der Waals surface area contributed by atoms with Crippen molar-refractivity contribution in [2.24, 2.45) is 11.8 Å². The van der Waals surface area contributed by atoms with E-state index in [0.29, 0.717) is 19.3 Å². The average molecular weight is 158 g/mol. The smallest absolute Gasteiger partial charge is 0.306 e. The molecule has 0 aliphatic heterocycles. The molecule has 1 aliphatic rings. The summed E-state index contributed by atoms with van der Waals surface area (Å²) in [6.07, 6.45) is 1.31. The zero-order chi connectivity index (χ0) is 8.43. The molecule has 2 N–H and O–H groups in total. The third-order valence-corrected chi connectivity index (χ3v) is 2.13. The largest absolute Gasteiger partial charge is 0.481 e. The summed E-state index contributed by atoms with van der Waals surface area (Å²) in [5.41, 5.74) is 0. The first-order valence-electron chi connectivity index (χ1n) is 3.57. The van der Waals surface area contributed by atoms with Gasteiger partial charge >= 0.3 is 11.9 Å². The highest BCUT2D eigenvalue weighted by atomic mass is 16.4. The topological polar surface area (TPSA) is 74.6 Å². The Labute approximate surface area is 63.8 Å². The maximum absolute atomic E-state index is 10.4. The Balaban J connectivity index is 2.47. The van der Waals surface area contributed by atoms with Gasteiger partial charge in [0.25, 0.3) is 0 Å². The Morgan fingerprint density at radius 3 is 1.55 bits per heavy atom. The minimum atomic E-state index is -0.867. The molecule has 2 atom stereocenters. The summed E-state index contributed by atoms with van der Waals surface area (Å²) in [5, 5.41) is 17.0. The lowest BCUT2D eigenvalue weighted by Gasteiger charge is -2.01. The van der Waals surface area contributed by atoms with Crippen LogP contribution < -0.4 is 0 Å². The normalized spacial score (nSPS) is 30.2. The molecular formula is C7H10O4. The van der Waals surface area contributed by atoms with Gasteiger partial charge in [0.15, 0.2) is 0 Å². The Morgan fingerprint density at radius 1 is 1.00 bits per heavy atom. The van der Waals surface area contributed by atoms with Crippen LogP contribution in [-0.4, -0.2) is 22.2 Å². The quantitative estimate of drug-likeness (QED) is 0.616. The standard InChI is InChI=1S/C7H10O4/c8-6(9)4-1-2-5(3-4)7(10)11/h4-5H,1-3H2,(H,8,9)(H,10,11)/t4-,5-/m1/s1. The van der Waals surface area contributed by atoms with E-state index in [1.54, 1.807) is 0 Å². The first kappa shape index (κ1) is 8.04. The van der Waals surface area contributed by atoms with Crippen LogP contribution in [0.3, 0.4) is 0 Å². The molecular weight excluding hydrogens is 148 g/mol. The van der Waals surface area contributed by atoms with Crippen molar-refractivity contribution in [1.29, 1.82) is 0 Å². The first-order valence-corrected chi connectivity index (χ1v) is 3.57. The Hall–Kier alpha value is -1.06. The van der Waals surface area contributed by atoms with Crippen molar-refractivity contribution in [2.45, 2.75) is 19.3 Å². The summed E-state index contributed by atoms with van der Waals surface area (Å²) in [7, 11) is 0. The van der Waals surface area contributed by atoms with Gasteiger partial charge in [-0.05, 0) is 19.3 Å². The molecule has 0 spiro atoms. The molecule has 4 nitrogen and oxygen atoms in total. The summed E-state index contributed by atoms with van der Waals surface area (Å²) < 4.78 is 0. The van der Waals surface area contributed by atoms with E-state index in [0.717, 1.165) is 0 Å². The molecule has 0 aromatic rings. The highest BCUT2D eigenvalue weighted by Crippen LogP contribution is 2.30. The van der Waals surface area contributed by atoms with E-state index in [1.807, 2.05) is 0 Å². The van der Waals surface area contributed by atoms with Gasteiger partial charge in [-0.1, -0.05) is 0 Å². The van der Waals surface area contributed by atoms with E-state index in [1.165, 1.54) is 0 Å². The molecule has 1 saturated carbocycles. The van der Waals surface area contributed by atoms with Crippen LogP contribution in [0.15, 0.2) is 0 Å². The van der Waals surface area contributed by atoms with E-state index < -0.39 is 23.8 Å². The van der Waals surface area contributed by atoms with Crippen molar-refractivity contribution >= 4 is 11.9 Å². The summed E-state index contributed by atoms with van der Waals surface area (Å²) in [5.74, 6) is -2.60. The summed E-state index contributed by atoms with van der Waals surface area (Å²) in [6.45, 7) is 0. The van der Waals surface area contributed by atoms with Gasteiger partial charge in [-0.15, -0.1) is 0 Å². The third kappa shape index (κ3) is 1.69. The predicted molar refractivity (Wildman–Crippen MR) is 36.1 cm³/mol. The highest BCUT2D eigenvalue weighted by molar-refractivity contribution is 5.75. The van der Waals surface area contributed by atoms with Crippen molar-refractivity contribution in [2.75, 3.05) is 0 Å². The van der Waals surface area contributed by atoms with Crippen LogP contribution in [0, 0.1) is 11.8 Å². The van der Waals surface area contributed by atoms with Crippen LogP contribution >= 0.6 is 0 Å². The van der Waals surface area contributed by atoms with Crippen LogP contribution in [0.5, 0.6) is 0 Å². The molecule has 62 valence electrons. The van der Waals surface area contributed by atoms with Crippen molar-refractivity contribution < 1.29 is 19.8 Å². The van der Waals surface area contributed by atoms with E-state index >= 15 is 0 Å². The van der Waals surface area contributed by atoms with Crippen molar-refractivity contribution in [3.05, 3.63) is 0 Å². The number of carboxylic acid groups (broad SMARTS) is 2. The van der Waals surface area contributed by atoms with E-state index in [9.17, 15) is 9.59 Å². The summed E-state index contributed by atoms with van der Waals surface area (Å²) in [6, 6.07) is 0. The van der Waals surface area contributed by atoms with Gasteiger partial charge in [0, 0.05) is 0 Å². The Morgan fingerprint density at radius 2 is 1.36 bits per heavy atom. The number of carbonyl (C=O) groups is 2. The second-order valence-electron chi connectivity index (χ2n) is 2.88. The van der Waals surface area contributed by atoms with E-state index in [2.05, 4.69) is 0 Å². The van der Waals surface area contributed by atoms with Gasteiger partial charge in [-0.2, -0.15) is 0 Å². The zero-order valence-corrected chi connectivity index (χ0v) is 5.99. The van der Waals surface area contributed by atoms with Crippen molar-refractivity contribution in [3.63, 3.8) is 0 Å². The lowest BCUT2D eigenvalue weighted by molar-refractivity contribution is -0.143. The number of aliphatic carboxylic acids is 2. The Kier molecular flexibility index (Phi) is 2.12. The molecule has 0 bridgehead atoms. The fourth-order valence-corrected chi connectivity index (χ4v) is 1.43. The van der Waals surface area contributed by atoms with Gasteiger partial charge in [0.05, 0.1) is 11.8 Å². The third-order valence-electron chi connectivity index (χ3n) is 2.13. The minimum Gasteiger partial charge on any atom is -0.481 e. The molecule has 0 unspecified atom stereocenters. The summed E-state index contributed by atoms with van der Waals surface area (Å²) in [4.78, 5) is 20.8. The fraction of sp³-hybridized carbons (Fsp3) is 0.714. The molecule has 0 aromatic carbocycles. The number of hydrogen-bond donors (Lipinski definition) is 2. The molecule has 1 rings (SSSR count). The monoisotopic (exact) mass is 158 g/mol. The lowest BCUT2D eigenvalue weighted by Crippen LogP contribution is -2.13. The fourth-order valence-electron chi connectivity index (χ4n) is 1.43. The van der Waals surface area contributed by atoms with Gasteiger partial charge in [0.2, 0.25) is 0 Å². The maximum Gasteiger partial charge on any atom is 0.306 e. The second kappa shape index (κ2) is 2.90. The number of rotatable bonds is 2. The van der Waals surface area contributed by atoms with Crippen LogP contribution in [-0.2, 0) is 9.59 Å². The van der Waals surface area contributed by atoms with Crippen LogP contribution in [0.4, 0.5) is 0 Å². The van der Waals surface area contributed by atoms with Crippen molar-refractivity contribution in [3.8, 4) is 0 Å². The van der Waals surface area contributed by atoms with Crippen LogP contribution in [0.1, 0.15) is 19.3 Å². The van der Waals surface area contributed by atoms with Gasteiger partial charge in [-0.25, -0.2) is 0 Å². The van der Waals surface area contributed by atoms with E-state index in [4.69, 9.17) is 10.2 Å². The van der Waals surface area contributed by atoms with Crippen LogP contribution in [0.2, 0.25) is 0 Å². The predicted octanol–water partition coefficient (Wildman–Crippen LogP) is 0.572. The summed E-state index contributed by atoms with van der Waals surface area (Å²) >= 11 is 0. The minimum absolute atomic E-state index is 0.296. The first-order chi connectivity index (χ1) is 5.11. The Bertz CT molecular complexity index is 167. The molecule has 0 radical (unpaired) electrons. The molecule has 0 amide bonds. The van der Waals surface area contributed by atoms with Gasteiger partial charge in [0.1, 0.15) is 0 Å². The zero-order valence-electron chi connectivity index (χ0n) is 5.99. The molecule has 0 aromatic heterocycles. The highest BCUT2D eigenvalue weighted by Gasteiger charge is 2.33. The maximum atomic E-state index is 10.4. The number of hydrogen-bond acceptors (Lipinski definition) is 2. The van der Waals surface area contributed by atoms with Gasteiger partial charge < -0.3 is 10.2 Å². The molecule has 11 heavy (non-hydrogen) atoms. The molecule has 4 heteroatoms. The van der Waals surface area contributed by atoms with E-state index in [-0.39, 0.29) is 0 Å². The molecule has 0 saturated heterocycles. The lowest BCUT2D eigenvalue weighted by atomic mass is 10.1. The average Bonchev–Trinajstić information content (AvgIpc) is 2.33. The molecule has 1 aliphatic carbocycles. The van der Waals surface area contributed by atoms with Crippen molar-refractivity contribution in [1.82, 2.24) is 0 Å². The molecule has 0 heterocycles. The number of carboxylic acids is 2. The van der Waals surface area contributed by atoms with Gasteiger partial charge in [-0.3, -0.25) is 9.59 Å². The second-order valence-corrected chi connectivity index (χ2v) is 2.88.